The lowest BCUT2D eigenvalue weighted by Crippen LogP contribution is -2.17. The van der Waals surface area contributed by atoms with Gasteiger partial charge in [0.15, 0.2) is 5.78 Å². The molecule has 2 nitrogen and oxygen atoms in total. The van der Waals surface area contributed by atoms with E-state index < -0.39 is 17.7 Å². The zero-order valence-corrected chi connectivity index (χ0v) is 10.0. The van der Waals surface area contributed by atoms with E-state index in [4.69, 9.17) is 4.74 Å². The Morgan fingerprint density at radius 1 is 1.35 bits per heavy atom. The summed E-state index contributed by atoms with van der Waals surface area (Å²) in [6, 6.07) is 3.16. The number of carbonyl (C=O) groups excluding carboxylic acids is 1. The average Bonchev–Trinajstić information content (AvgIpc) is 2.27. The monoisotopic (exact) mass is 242 g/mol. The van der Waals surface area contributed by atoms with Gasteiger partial charge in [-0.3, -0.25) is 4.79 Å². The highest BCUT2D eigenvalue weighted by atomic mass is 19.1. The maximum absolute atomic E-state index is 13.6. The highest BCUT2D eigenvalue weighted by molar-refractivity contribution is 5.84. The molecule has 94 valence electrons. The second kappa shape index (κ2) is 6.45. The molecule has 0 aliphatic heterocycles. The van der Waals surface area contributed by atoms with Crippen molar-refractivity contribution in [2.75, 3.05) is 6.61 Å². The number of halogens is 2. The quantitative estimate of drug-likeness (QED) is 0.764. The molecule has 0 saturated carbocycles. The molecule has 0 aliphatic rings. The van der Waals surface area contributed by atoms with Crippen molar-refractivity contribution in [2.45, 2.75) is 32.8 Å². The van der Waals surface area contributed by atoms with Crippen LogP contribution in [0.25, 0.3) is 0 Å². The zero-order chi connectivity index (χ0) is 12.8. The molecule has 4 heteroatoms. The summed E-state index contributed by atoms with van der Waals surface area (Å²) in [4.78, 5) is 11.8. The molecule has 1 atom stereocenters. The predicted molar refractivity (Wildman–Crippen MR) is 60.6 cm³/mol. The summed E-state index contributed by atoms with van der Waals surface area (Å²) in [6.07, 6.45) is 0.0627. The number of hydrogen-bond acceptors (Lipinski definition) is 2. The fourth-order valence-electron chi connectivity index (χ4n) is 1.61. The highest BCUT2D eigenvalue weighted by Crippen LogP contribution is 2.24. The van der Waals surface area contributed by atoms with Gasteiger partial charge in [0.2, 0.25) is 0 Å². The lowest BCUT2D eigenvalue weighted by Gasteiger charge is -2.16. The van der Waals surface area contributed by atoms with E-state index in [1.54, 1.807) is 6.92 Å². The van der Waals surface area contributed by atoms with E-state index in [-0.39, 0.29) is 11.3 Å². The van der Waals surface area contributed by atoms with Crippen LogP contribution in [0.1, 0.15) is 38.4 Å². The minimum Gasteiger partial charge on any atom is -0.366 e. The van der Waals surface area contributed by atoms with Crippen LogP contribution in [0.5, 0.6) is 0 Å². The molecule has 0 amide bonds. The van der Waals surface area contributed by atoms with Gasteiger partial charge in [-0.05, 0) is 19.4 Å². The van der Waals surface area contributed by atoms with Gasteiger partial charge in [0.25, 0.3) is 0 Å². The number of hydrogen-bond donors (Lipinski definition) is 0. The third-order valence-corrected chi connectivity index (χ3v) is 2.37. The number of Topliss-reactive ketones (excluding diaryl/α,β-unsaturated/α-hetero) is 1. The summed E-state index contributed by atoms with van der Waals surface area (Å²) in [7, 11) is 0. The number of carbonyl (C=O) groups is 1. The largest absolute Gasteiger partial charge is 0.366 e. The zero-order valence-electron chi connectivity index (χ0n) is 10.0. The highest BCUT2D eigenvalue weighted by Gasteiger charge is 2.23. The SMILES string of the molecule is CCCC(=O)C(OCC)c1ccc(F)cc1F. The van der Waals surface area contributed by atoms with Crippen molar-refractivity contribution in [1.29, 1.82) is 0 Å². The Balaban J connectivity index is 3.00. The van der Waals surface area contributed by atoms with Crippen molar-refractivity contribution in [3.8, 4) is 0 Å². The maximum atomic E-state index is 13.6. The van der Waals surface area contributed by atoms with Gasteiger partial charge in [0.1, 0.15) is 17.7 Å². The second-order valence-corrected chi connectivity index (χ2v) is 3.72. The molecule has 0 aromatic heterocycles. The molecule has 1 unspecified atom stereocenters. The van der Waals surface area contributed by atoms with Gasteiger partial charge < -0.3 is 4.74 Å². The van der Waals surface area contributed by atoms with Crippen LogP contribution in [-0.2, 0) is 9.53 Å². The van der Waals surface area contributed by atoms with Gasteiger partial charge in [-0.25, -0.2) is 8.78 Å². The lowest BCUT2D eigenvalue weighted by molar-refractivity contribution is -0.131. The molecule has 0 N–H and O–H groups in total. The Bertz CT molecular complexity index is 391. The van der Waals surface area contributed by atoms with Gasteiger partial charge in [-0.15, -0.1) is 0 Å². The van der Waals surface area contributed by atoms with Crippen LogP contribution in [0.2, 0.25) is 0 Å². The average molecular weight is 242 g/mol. The van der Waals surface area contributed by atoms with E-state index in [1.807, 2.05) is 6.92 Å². The molecule has 1 aromatic carbocycles. The molecular weight excluding hydrogens is 226 g/mol. The first-order valence-corrected chi connectivity index (χ1v) is 5.69. The van der Waals surface area contributed by atoms with Crippen molar-refractivity contribution < 1.29 is 18.3 Å². The Morgan fingerprint density at radius 3 is 2.59 bits per heavy atom. The molecule has 0 bridgehead atoms. The first-order chi connectivity index (χ1) is 8.10. The normalized spacial score (nSPS) is 12.5. The summed E-state index contributed by atoms with van der Waals surface area (Å²) >= 11 is 0. The van der Waals surface area contributed by atoms with Gasteiger partial charge >= 0.3 is 0 Å². The van der Waals surface area contributed by atoms with Crippen LogP contribution in [0.3, 0.4) is 0 Å². The van der Waals surface area contributed by atoms with E-state index in [9.17, 15) is 13.6 Å². The van der Waals surface area contributed by atoms with Gasteiger partial charge in [0, 0.05) is 24.7 Å². The van der Waals surface area contributed by atoms with Crippen molar-refractivity contribution in [2.24, 2.45) is 0 Å². The number of ketones is 1. The number of ether oxygens (including phenoxy) is 1. The number of benzene rings is 1. The van der Waals surface area contributed by atoms with E-state index >= 15 is 0 Å². The molecule has 1 aromatic rings. The van der Waals surface area contributed by atoms with Crippen molar-refractivity contribution in [3.05, 3.63) is 35.4 Å². The van der Waals surface area contributed by atoms with Crippen LogP contribution in [-0.4, -0.2) is 12.4 Å². The Labute approximate surface area is 99.6 Å². The maximum Gasteiger partial charge on any atom is 0.166 e. The van der Waals surface area contributed by atoms with Crippen molar-refractivity contribution >= 4 is 5.78 Å². The minimum atomic E-state index is -0.930. The van der Waals surface area contributed by atoms with Crippen LogP contribution < -0.4 is 0 Å². The van der Waals surface area contributed by atoms with Crippen LogP contribution in [0, 0.1) is 11.6 Å². The first-order valence-electron chi connectivity index (χ1n) is 5.69. The van der Waals surface area contributed by atoms with Gasteiger partial charge in [0.05, 0.1) is 0 Å². The lowest BCUT2D eigenvalue weighted by atomic mass is 10.0. The van der Waals surface area contributed by atoms with Crippen molar-refractivity contribution in [1.82, 2.24) is 0 Å². The molecule has 0 heterocycles. The van der Waals surface area contributed by atoms with E-state index in [1.165, 1.54) is 6.07 Å². The van der Waals surface area contributed by atoms with E-state index in [0.717, 1.165) is 12.1 Å². The fraction of sp³-hybridized carbons (Fsp3) is 0.462. The number of rotatable bonds is 6. The molecule has 0 spiro atoms. The molecule has 0 saturated heterocycles. The van der Waals surface area contributed by atoms with Gasteiger partial charge in [-0.2, -0.15) is 0 Å². The first kappa shape index (κ1) is 13.8. The molecule has 0 radical (unpaired) electrons. The molecular formula is C13H16F2O2. The summed E-state index contributed by atoms with van der Waals surface area (Å²) < 4.78 is 31.6. The topological polar surface area (TPSA) is 26.3 Å². The smallest absolute Gasteiger partial charge is 0.166 e. The van der Waals surface area contributed by atoms with Crippen LogP contribution in [0.15, 0.2) is 18.2 Å². The molecule has 17 heavy (non-hydrogen) atoms. The molecule has 1 rings (SSSR count). The summed E-state index contributed by atoms with van der Waals surface area (Å²) in [6.45, 7) is 3.90. The summed E-state index contributed by atoms with van der Waals surface area (Å²) in [5.41, 5.74) is 0.103. The summed E-state index contributed by atoms with van der Waals surface area (Å²) in [5.74, 6) is -1.59. The van der Waals surface area contributed by atoms with Gasteiger partial charge in [-0.1, -0.05) is 13.0 Å². The predicted octanol–water partition coefficient (Wildman–Crippen LogP) is 3.41. The summed E-state index contributed by atoms with van der Waals surface area (Å²) in [5, 5.41) is 0. The van der Waals surface area contributed by atoms with Crippen molar-refractivity contribution in [3.63, 3.8) is 0 Å². The Morgan fingerprint density at radius 2 is 2.06 bits per heavy atom. The van der Waals surface area contributed by atoms with Crippen LogP contribution >= 0.6 is 0 Å². The van der Waals surface area contributed by atoms with E-state index in [2.05, 4.69) is 0 Å². The Hall–Kier alpha value is -1.29. The fourth-order valence-corrected chi connectivity index (χ4v) is 1.61. The van der Waals surface area contributed by atoms with Crippen LogP contribution in [0.4, 0.5) is 8.78 Å². The standard InChI is InChI=1S/C13H16F2O2/c1-3-5-12(16)13(17-4-2)10-7-6-9(14)8-11(10)15/h6-8,13H,3-5H2,1-2H3. The third-order valence-electron chi connectivity index (χ3n) is 2.37. The Kier molecular flexibility index (Phi) is 5.22. The third kappa shape index (κ3) is 3.60. The second-order valence-electron chi connectivity index (χ2n) is 3.72. The molecule has 0 aliphatic carbocycles. The molecule has 0 fully saturated rings. The minimum absolute atomic E-state index is 0.103. The van der Waals surface area contributed by atoms with E-state index in [0.29, 0.717) is 19.4 Å².